The zero-order valence-electron chi connectivity index (χ0n) is 7.04. The largest absolute Gasteiger partial charge is 0.345 e. The minimum Gasteiger partial charge on any atom is -0.345 e. The smallest absolute Gasteiger partial charge is 0.339 e. The highest BCUT2D eigenvalue weighted by Gasteiger charge is 2.23. The van der Waals surface area contributed by atoms with Gasteiger partial charge >= 0.3 is 16.8 Å². The molecule has 0 radical (unpaired) electrons. The van der Waals surface area contributed by atoms with Crippen molar-refractivity contribution in [1.82, 2.24) is 4.57 Å². The van der Waals surface area contributed by atoms with E-state index >= 15 is 0 Å². The van der Waals surface area contributed by atoms with Crippen LogP contribution in [0.3, 0.4) is 0 Å². The standard InChI is InChI=1S/C6H5N3O5/c1-7-2-4(8(11)12)6(10)5(3-7)9(13)14/h2-3H,1H3. The number of nitrogens with zero attached hydrogens (tertiary/aromatic N) is 3. The fourth-order valence-corrected chi connectivity index (χ4v) is 0.932. The van der Waals surface area contributed by atoms with E-state index in [0.717, 1.165) is 17.0 Å². The van der Waals surface area contributed by atoms with Gasteiger partial charge in [-0.2, -0.15) is 0 Å². The van der Waals surface area contributed by atoms with Gasteiger partial charge < -0.3 is 4.57 Å². The van der Waals surface area contributed by atoms with Crippen molar-refractivity contribution >= 4 is 11.4 Å². The SMILES string of the molecule is Cn1cc([N+](=O)[O-])c(=O)c([N+](=O)[O-])c1. The van der Waals surface area contributed by atoms with Crippen LogP contribution in [0.15, 0.2) is 17.2 Å². The molecule has 0 fully saturated rings. The van der Waals surface area contributed by atoms with Crippen LogP contribution in [0, 0.1) is 20.2 Å². The lowest BCUT2D eigenvalue weighted by Gasteiger charge is -1.97. The molecule has 0 aromatic carbocycles. The topological polar surface area (TPSA) is 108 Å². The first-order valence-corrected chi connectivity index (χ1v) is 3.42. The molecule has 0 aliphatic rings. The summed E-state index contributed by atoms with van der Waals surface area (Å²) in [4.78, 5) is 29.8. The van der Waals surface area contributed by atoms with Crippen molar-refractivity contribution in [2.45, 2.75) is 0 Å². The fourth-order valence-electron chi connectivity index (χ4n) is 0.932. The molecule has 0 amide bonds. The zero-order chi connectivity index (χ0) is 10.9. The van der Waals surface area contributed by atoms with E-state index in [0.29, 0.717) is 0 Å². The van der Waals surface area contributed by atoms with Crippen molar-refractivity contribution in [2.75, 3.05) is 0 Å². The molecular formula is C6H5N3O5. The van der Waals surface area contributed by atoms with Gasteiger partial charge in [0.2, 0.25) is 0 Å². The molecule has 1 aromatic rings. The van der Waals surface area contributed by atoms with Crippen LogP contribution in [0.5, 0.6) is 0 Å². The second-order valence-electron chi connectivity index (χ2n) is 2.54. The van der Waals surface area contributed by atoms with Gasteiger partial charge in [0.15, 0.2) is 0 Å². The first-order chi connectivity index (χ1) is 6.43. The van der Waals surface area contributed by atoms with Crippen molar-refractivity contribution in [3.63, 3.8) is 0 Å². The average molecular weight is 199 g/mol. The van der Waals surface area contributed by atoms with Crippen molar-refractivity contribution in [3.05, 3.63) is 42.8 Å². The van der Waals surface area contributed by atoms with Gasteiger partial charge in [-0.05, 0) is 0 Å². The van der Waals surface area contributed by atoms with Gasteiger partial charge in [-0.1, -0.05) is 0 Å². The van der Waals surface area contributed by atoms with E-state index in [1.165, 1.54) is 7.05 Å². The molecule has 8 nitrogen and oxygen atoms in total. The van der Waals surface area contributed by atoms with Crippen LogP contribution in [0.2, 0.25) is 0 Å². The van der Waals surface area contributed by atoms with Crippen molar-refractivity contribution in [1.29, 1.82) is 0 Å². The number of nitro groups is 2. The molecule has 14 heavy (non-hydrogen) atoms. The Bertz CT molecular complexity index is 425. The van der Waals surface area contributed by atoms with Gasteiger partial charge in [-0.15, -0.1) is 0 Å². The lowest BCUT2D eigenvalue weighted by Crippen LogP contribution is -2.14. The van der Waals surface area contributed by atoms with Gasteiger partial charge in [0.25, 0.3) is 0 Å². The highest BCUT2D eigenvalue weighted by Crippen LogP contribution is 2.10. The van der Waals surface area contributed by atoms with Gasteiger partial charge in [-0.3, -0.25) is 25.0 Å². The van der Waals surface area contributed by atoms with Crippen LogP contribution in [-0.4, -0.2) is 14.4 Å². The van der Waals surface area contributed by atoms with E-state index < -0.39 is 26.7 Å². The van der Waals surface area contributed by atoms with Crippen LogP contribution in [0.1, 0.15) is 0 Å². The summed E-state index contributed by atoms with van der Waals surface area (Å²) in [5, 5.41) is 20.6. The third-order valence-electron chi connectivity index (χ3n) is 1.51. The summed E-state index contributed by atoms with van der Waals surface area (Å²) >= 11 is 0. The maximum atomic E-state index is 11.1. The molecule has 0 saturated heterocycles. The highest BCUT2D eigenvalue weighted by molar-refractivity contribution is 5.39. The summed E-state index contributed by atoms with van der Waals surface area (Å²) in [7, 11) is 1.36. The molecule has 1 heterocycles. The van der Waals surface area contributed by atoms with Crippen molar-refractivity contribution < 1.29 is 9.85 Å². The molecule has 0 N–H and O–H groups in total. The van der Waals surface area contributed by atoms with Crippen LogP contribution < -0.4 is 5.43 Å². The number of pyridine rings is 1. The molecule has 0 aliphatic heterocycles. The van der Waals surface area contributed by atoms with Gasteiger partial charge in [0.05, 0.1) is 22.2 Å². The molecule has 0 spiro atoms. The van der Waals surface area contributed by atoms with Crippen LogP contribution in [-0.2, 0) is 7.05 Å². The third kappa shape index (κ3) is 1.58. The Labute approximate surface area is 76.7 Å². The van der Waals surface area contributed by atoms with E-state index in [-0.39, 0.29) is 0 Å². The fraction of sp³-hybridized carbons (Fsp3) is 0.167. The number of rotatable bonds is 2. The Morgan fingerprint density at radius 2 is 1.50 bits per heavy atom. The van der Waals surface area contributed by atoms with E-state index in [1.54, 1.807) is 0 Å². The first kappa shape index (κ1) is 9.84. The minimum absolute atomic E-state index is 0.804. The second kappa shape index (κ2) is 3.24. The lowest BCUT2D eigenvalue weighted by atomic mass is 10.3. The molecule has 1 aromatic heterocycles. The molecule has 74 valence electrons. The predicted octanol–water partition coefficient (Wildman–Crippen LogP) is 0.202. The summed E-state index contributed by atoms with van der Waals surface area (Å²) in [6.45, 7) is 0. The first-order valence-electron chi connectivity index (χ1n) is 3.42. The summed E-state index contributed by atoms with van der Waals surface area (Å²) < 4.78 is 1.09. The average Bonchev–Trinajstić information content (AvgIpc) is 2.07. The molecule has 8 heteroatoms. The zero-order valence-corrected chi connectivity index (χ0v) is 7.04. The van der Waals surface area contributed by atoms with Crippen LogP contribution in [0.4, 0.5) is 11.4 Å². The van der Waals surface area contributed by atoms with Gasteiger partial charge in [-0.25, -0.2) is 0 Å². The summed E-state index contributed by atoms with van der Waals surface area (Å²) in [6.07, 6.45) is 1.85. The summed E-state index contributed by atoms with van der Waals surface area (Å²) in [5.74, 6) is 0. The molecule has 0 atom stereocenters. The Kier molecular flexibility index (Phi) is 2.28. The van der Waals surface area contributed by atoms with Crippen molar-refractivity contribution in [3.8, 4) is 0 Å². The summed E-state index contributed by atoms with van der Waals surface area (Å²) in [5.41, 5.74) is -2.79. The van der Waals surface area contributed by atoms with Crippen molar-refractivity contribution in [2.24, 2.45) is 7.05 Å². The Morgan fingerprint density at radius 1 is 1.14 bits per heavy atom. The summed E-state index contributed by atoms with van der Waals surface area (Å²) in [6, 6.07) is 0. The quantitative estimate of drug-likeness (QED) is 0.499. The molecule has 0 bridgehead atoms. The Morgan fingerprint density at radius 3 is 1.79 bits per heavy atom. The Balaban J connectivity index is 3.56. The van der Waals surface area contributed by atoms with Gasteiger partial charge in [0.1, 0.15) is 0 Å². The van der Waals surface area contributed by atoms with E-state index in [2.05, 4.69) is 0 Å². The second-order valence-corrected chi connectivity index (χ2v) is 2.54. The van der Waals surface area contributed by atoms with E-state index in [4.69, 9.17) is 0 Å². The monoisotopic (exact) mass is 199 g/mol. The van der Waals surface area contributed by atoms with E-state index in [9.17, 15) is 25.0 Å². The maximum Gasteiger partial charge on any atom is 0.339 e. The molecule has 0 aliphatic carbocycles. The number of aryl methyl sites for hydroxylation is 1. The van der Waals surface area contributed by atoms with Crippen LogP contribution in [0.25, 0.3) is 0 Å². The number of aromatic nitrogens is 1. The number of hydrogen-bond acceptors (Lipinski definition) is 5. The Hall–Kier alpha value is -2.25. The molecule has 0 unspecified atom stereocenters. The molecule has 1 rings (SSSR count). The molecular weight excluding hydrogens is 194 g/mol. The minimum atomic E-state index is -1.18. The maximum absolute atomic E-state index is 11.1. The van der Waals surface area contributed by atoms with E-state index in [1.807, 2.05) is 0 Å². The number of hydrogen-bond donors (Lipinski definition) is 0. The highest BCUT2D eigenvalue weighted by atomic mass is 16.6. The van der Waals surface area contributed by atoms with Gasteiger partial charge in [0, 0.05) is 7.05 Å². The predicted molar refractivity (Wildman–Crippen MR) is 45.0 cm³/mol. The van der Waals surface area contributed by atoms with Crippen LogP contribution >= 0.6 is 0 Å². The molecule has 0 saturated carbocycles. The normalized spacial score (nSPS) is 9.79. The lowest BCUT2D eigenvalue weighted by molar-refractivity contribution is -0.397. The third-order valence-corrected chi connectivity index (χ3v) is 1.51.